The van der Waals surface area contributed by atoms with Gasteiger partial charge >= 0.3 is 5.97 Å². The Balaban J connectivity index is 1.54. The first-order valence-electron chi connectivity index (χ1n) is 6.16. The molecule has 2 rings (SSSR count). The van der Waals surface area contributed by atoms with E-state index in [9.17, 15) is 4.79 Å². The van der Waals surface area contributed by atoms with Crippen molar-refractivity contribution in [1.29, 1.82) is 0 Å². The number of ether oxygens (including phenoxy) is 2. The van der Waals surface area contributed by atoms with Gasteiger partial charge in [-0.05, 0) is 24.8 Å². The summed E-state index contributed by atoms with van der Waals surface area (Å²) in [4.78, 5) is 11.5. The van der Waals surface area contributed by atoms with Gasteiger partial charge in [-0.3, -0.25) is 4.79 Å². The van der Waals surface area contributed by atoms with E-state index >= 15 is 0 Å². The lowest BCUT2D eigenvalue weighted by Gasteiger charge is -2.04. The quantitative estimate of drug-likeness (QED) is 0.413. The van der Waals surface area contributed by atoms with Crippen LogP contribution in [0.1, 0.15) is 24.8 Å². The number of benzene rings is 1. The van der Waals surface area contributed by atoms with Crippen molar-refractivity contribution in [3.05, 3.63) is 35.9 Å². The number of esters is 1. The summed E-state index contributed by atoms with van der Waals surface area (Å²) in [6.45, 7) is 1.44. The van der Waals surface area contributed by atoms with Crippen molar-refractivity contribution in [1.82, 2.24) is 0 Å². The van der Waals surface area contributed by atoms with Crippen molar-refractivity contribution in [2.75, 3.05) is 13.2 Å². The van der Waals surface area contributed by atoms with Gasteiger partial charge in [0.05, 0.1) is 25.7 Å². The van der Waals surface area contributed by atoms with E-state index in [0.29, 0.717) is 19.1 Å². The summed E-state index contributed by atoms with van der Waals surface area (Å²) in [5.41, 5.74) is 1.00. The number of hydrogen-bond acceptors (Lipinski definition) is 3. The van der Waals surface area contributed by atoms with Crippen molar-refractivity contribution < 1.29 is 14.3 Å². The third kappa shape index (κ3) is 5.00. The van der Waals surface area contributed by atoms with Gasteiger partial charge in [0.25, 0.3) is 0 Å². The Kier molecular flexibility index (Phi) is 4.56. The third-order valence-corrected chi connectivity index (χ3v) is 2.78. The number of carbonyl (C=O) groups excluding carboxylic acids is 1. The minimum Gasteiger partial charge on any atom is -0.465 e. The van der Waals surface area contributed by atoms with E-state index in [2.05, 4.69) is 0 Å². The molecule has 0 aromatic heterocycles. The smallest absolute Gasteiger partial charge is 0.310 e. The fraction of sp³-hybridized carbons (Fsp3) is 0.500. The topological polar surface area (TPSA) is 38.8 Å². The van der Waals surface area contributed by atoms with Crippen molar-refractivity contribution in [3.8, 4) is 0 Å². The summed E-state index contributed by atoms with van der Waals surface area (Å²) in [5, 5.41) is 0. The molecular weight excluding hydrogens is 216 g/mol. The molecule has 1 aromatic rings. The Bertz CT molecular complexity index is 344. The van der Waals surface area contributed by atoms with Crippen molar-refractivity contribution in [2.45, 2.75) is 31.8 Å². The van der Waals surface area contributed by atoms with Crippen molar-refractivity contribution in [3.63, 3.8) is 0 Å². The monoisotopic (exact) mass is 234 g/mol. The molecule has 0 aliphatic carbocycles. The Morgan fingerprint density at radius 1 is 1.29 bits per heavy atom. The third-order valence-electron chi connectivity index (χ3n) is 2.78. The minimum absolute atomic E-state index is 0.140. The molecular formula is C14H18O3. The zero-order valence-electron chi connectivity index (χ0n) is 9.93. The first kappa shape index (κ1) is 12.1. The largest absolute Gasteiger partial charge is 0.465 e. The predicted molar refractivity (Wildman–Crippen MR) is 64.7 cm³/mol. The van der Waals surface area contributed by atoms with E-state index in [1.165, 1.54) is 0 Å². The maximum Gasteiger partial charge on any atom is 0.310 e. The van der Waals surface area contributed by atoms with E-state index in [4.69, 9.17) is 9.47 Å². The van der Waals surface area contributed by atoms with E-state index in [-0.39, 0.29) is 5.97 Å². The van der Waals surface area contributed by atoms with Gasteiger partial charge in [-0.15, -0.1) is 0 Å². The fourth-order valence-corrected chi connectivity index (χ4v) is 1.71. The Hall–Kier alpha value is -1.35. The first-order valence-corrected chi connectivity index (χ1v) is 6.16. The van der Waals surface area contributed by atoms with Crippen LogP contribution < -0.4 is 0 Å². The highest BCUT2D eigenvalue weighted by Crippen LogP contribution is 2.16. The Labute approximate surface area is 102 Å². The number of epoxide rings is 1. The molecule has 0 amide bonds. The number of carbonyl (C=O) groups is 1. The molecule has 1 saturated heterocycles. The maximum absolute atomic E-state index is 11.5. The molecule has 1 aromatic carbocycles. The van der Waals surface area contributed by atoms with Crippen molar-refractivity contribution >= 4 is 5.97 Å². The molecule has 0 spiro atoms. The molecule has 1 atom stereocenters. The Morgan fingerprint density at radius 2 is 2.06 bits per heavy atom. The molecule has 0 radical (unpaired) electrons. The average molecular weight is 234 g/mol. The summed E-state index contributed by atoms with van der Waals surface area (Å²) in [6.07, 6.45) is 3.95. The summed E-state index contributed by atoms with van der Waals surface area (Å²) in [7, 11) is 0. The van der Waals surface area contributed by atoms with Crippen LogP contribution in [0, 0.1) is 0 Å². The van der Waals surface area contributed by atoms with Gasteiger partial charge in [0.15, 0.2) is 0 Å². The van der Waals surface area contributed by atoms with Gasteiger partial charge in [-0.2, -0.15) is 0 Å². The Morgan fingerprint density at radius 3 is 2.76 bits per heavy atom. The van der Waals surface area contributed by atoms with E-state index in [0.717, 1.165) is 31.4 Å². The van der Waals surface area contributed by atoms with Crippen molar-refractivity contribution in [2.24, 2.45) is 0 Å². The first-order chi connectivity index (χ1) is 8.34. The van der Waals surface area contributed by atoms with Gasteiger partial charge < -0.3 is 9.47 Å². The predicted octanol–water partition coefficient (Wildman–Crippen LogP) is 2.34. The number of rotatable bonds is 7. The maximum atomic E-state index is 11.5. The van der Waals surface area contributed by atoms with Crippen LogP contribution >= 0.6 is 0 Å². The lowest BCUT2D eigenvalue weighted by molar-refractivity contribution is -0.142. The van der Waals surface area contributed by atoms with Gasteiger partial charge in [-0.25, -0.2) is 0 Å². The molecule has 92 valence electrons. The molecule has 0 bridgehead atoms. The lowest BCUT2D eigenvalue weighted by atomic mass is 10.1. The minimum atomic E-state index is -0.140. The molecule has 3 nitrogen and oxygen atoms in total. The van der Waals surface area contributed by atoms with E-state index < -0.39 is 0 Å². The van der Waals surface area contributed by atoms with Gasteiger partial charge in [0.1, 0.15) is 0 Å². The molecule has 1 aliphatic rings. The molecule has 0 saturated carbocycles. The summed E-state index contributed by atoms with van der Waals surface area (Å²) in [5.74, 6) is -0.140. The highest BCUT2D eigenvalue weighted by molar-refractivity contribution is 5.72. The zero-order valence-corrected chi connectivity index (χ0v) is 9.93. The molecule has 17 heavy (non-hydrogen) atoms. The van der Waals surface area contributed by atoms with Gasteiger partial charge in [-0.1, -0.05) is 30.3 Å². The molecule has 1 aliphatic heterocycles. The van der Waals surface area contributed by atoms with Crippen LogP contribution in [0.3, 0.4) is 0 Å². The standard InChI is InChI=1S/C14H18O3/c15-14(10-12-6-2-1-3-7-12)16-9-5-4-8-13-11-17-13/h1-3,6-7,13H,4-5,8-11H2. The van der Waals surface area contributed by atoms with Crippen LogP contribution in [-0.4, -0.2) is 25.3 Å². The van der Waals surface area contributed by atoms with Crippen LogP contribution in [0.5, 0.6) is 0 Å². The normalized spacial score (nSPS) is 17.8. The van der Waals surface area contributed by atoms with Crippen LogP contribution in [0.15, 0.2) is 30.3 Å². The number of unbranched alkanes of at least 4 members (excludes halogenated alkanes) is 1. The number of hydrogen-bond donors (Lipinski definition) is 0. The second kappa shape index (κ2) is 6.40. The van der Waals surface area contributed by atoms with Crippen LogP contribution in [-0.2, 0) is 20.7 Å². The summed E-state index contributed by atoms with van der Waals surface area (Å²) in [6, 6.07) is 9.67. The molecule has 1 fully saturated rings. The second-order valence-corrected chi connectivity index (χ2v) is 4.33. The molecule has 0 N–H and O–H groups in total. The zero-order chi connectivity index (χ0) is 11.9. The molecule has 1 heterocycles. The highest BCUT2D eigenvalue weighted by atomic mass is 16.6. The molecule has 1 unspecified atom stereocenters. The fourth-order valence-electron chi connectivity index (χ4n) is 1.71. The van der Waals surface area contributed by atoms with Crippen LogP contribution in [0.2, 0.25) is 0 Å². The SMILES string of the molecule is O=C(Cc1ccccc1)OCCCCC1CO1. The van der Waals surface area contributed by atoms with Gasteiger partial charge in [0, 0.05) is 0 Å². The second-order valence-electron chi connectivity index (χ2n) is 4.33. The van der Waals surface area contributed by atoms with Crippen LogP contribution in [0.25, 0.3) is 0 Å². The van der Waals surface area contributed by atoms with Gasteiger partial charge in [0.2, 0.25) is 0 Å². The van der Waals surface area contributed by atoms with E-state index in [1.54, 1.807) is 0 Å². The average Bonchev–Trinajstić information content (AvgIpc) is 3.14. The summed E-state index contributed by atoms with van der Waals surface area (Å²) < 4.78 is 10.3. The lowest BCUT2D eigenvalue weighted by Crippen LogP contribution is -2.09. The highest BCUT2D eigenvalue weighted by Gasteiger charge is 2.21. The van der Waals surface area contributed by atoms with Crippen LogP contribution in [0.4, 0.5) is 0 Å². The summed E-state index contributed by atoms with van der Waals surface area (Å²) >= 11 is 0. The molecule has 3 heteroatoms. The van der Waals surface area contributed by atoms with E-state index in [1.807, 2.05) is 30.3 Å².